The van der Waals surface area contributed by atoms with E-state index in [1.54, 1.807) is 6.92 Å². The highest BCUT2D eigenvalue weighted by Crippen LogP contribution is 2.17. The first-order chi connectivity index (χ1) is 6.95. The minimum absolute atomic E-state index is 0.0565. The lowest BCUT2D eigenvalue weighted by molar-refractivity contribution is -0.135. The van der Waals surface area contributed by atoms with Crippen LogP contribution in [0.4, 0.5) is 0 Å². The molecule has 0 aromatic rings. The van der Waals surface area contributed by atoms with Crippen molar-refractivity contribution in [3.63, 3.8) is 0 Å². The fourth-order valence-corrected chi connectivity index (χ4v) is 1.83. The summed E-state index contributed by atoms with van der Waals surface area (Å²) in [6, 6.07) is 0. The van der Waals surface area contributed by atoms with Gasteiger partial charge in [-0.15, -0.1) is 0 Å². The van der Waals surface area contributed by atoms with Gasteiger partial charge in [-0.3, -0.25) is 9.69 Å². The smallest absolute Gasteiger partial charge is 0.266 e. The molecule has 1 fully saturated rings. The van der Waals surface area contributed by atoms with E-state index in [4.69, 9.17) is 17.0 Å². The van der Waals surface area contributed by atoms with Crippen LogP contribution in [-0.4, -0.2) is 40.3 Å². The molecule has 0 unspecified atom stereocenters. The third kappa shape index (κ3) is 2.66. The van der Waals surface area contributed by atoms with E-state index in [1.807, 2.05) is 13.8 Å². The summed E-state index contributed by atoms with van der Waals surface area (Å²) in [5.41, 5.74) is 0. The average molecular weight is 231 g/mol. The zero-order valence-electron chi connectivity index (χ0n) is 9.27. The number of amides is 1. The Hall–Kier alpha value is -0.680. The van der Waals surface area contributed by atoms with E-state index in [0.717, 1.165) is 0 Å². The number of nitrogens with zero attached hydrogens (tertiary/aromatic N) is 1. The number of carbonyl (C=O) groups is 1. The summed E-state index contributed by atoms with van der Waals surface area (Å²) < 4.78 is 5.03. The third-order valence-corrected chi connectivity index (χ3v) is 2.95. The highest BCUT2D eigenvalue weighted by Gasteiger charge is 2.33. The molecule has 1 amide bonds. The Labute approximate surface area is 95.2 Å². The van der Waals surface area contributed by atoms with E-state index in [1.165, 1.54) is 4.90 Å². The van der Waals surface area contributed by atoms with Crippen LogP contribution in [0.15, 0.2) is 0 Å². The van der Waals surface area contributed by atoms with Crippen molar-refractivity contribution < 1.29 is 14.6 Å². The number of ether oxygens (including phenoxy) is 1. The van der Waals surface area contributed by atoms with Crippen LogP contribution in [0.1, 0.15) is 20.8 Å². The number of hydrogen-bond donors (Lipinski definition) is 1. The Morgan fingerprint density at radius 1 is 1.53 bits per heavy atom. The molecule has 0 aliphatic carbocycles. The van der Waals surface area contributed by atoms with Gasteiger partial charge < -0.3 is 9.84 Å². The Morgan fingerprint density at radius 2 is 2.13 bits per heavy atom. The van der Waals surface area contributed by atoms with Crippen LogP contribution < -0.4 is 0 Å². The molecule has 86 valence electrons. The standard InChI is InChI=1S/C10H17NO3S/c1-6(2)8(12)7(3)9(13)11-4-5-14-10(11)15/h6-8,12H,4-5H2,1-3H3/t7-,8+/m0/s1. The number of hydrogen-bond acceptors (Lipinski definition) is 4. The summed E-state index contributed by atoms with van der Waals surface area (Å²) >= 11 is 4.89. The van der Waals surface area contributed by atoms with E-state index in [0.29, 0.717) is 13.2 Å². The van der Waals surface area contributed by atoms with Crippen LogP contribution >= 0.6 is 12.2 Å². The minimum atomic E-state index is -0.638. The minimum Gasteiger partial charge on any atom is -0.469 e. The number of aliphatic hydroxyl groups is 1. The molecule has 0 aromatic heterocycles. The first-order valence-electron chi connectivity index (χ1n) is 5.11. The molecule has 0 aromatic carbocycles. The third-order valence-electron chi connectivity index (χ3n) is 2.61. The van der Waals surface area contributed by atoms with Crippen LogP contribution in [0.25, 0.3) is 0 Å². The fraction of sp³-hybridized carbons (Fsp3) is 0.800. The molecule has 1 saturated heterocycles. The molecule has 1 N–H and O–H groups in total. The predicted octanol–water partition coefficient (Wildman–Crippen LogP) is 0.783. The summed E-state index contributed by atoms with van der Waals surface area (Å²) in [5, 5.41) is 10.0. The van der Waals surface area contributed by atoms with Crippen molar-refractivity contribution in [1.82, 2.24) is 4.90 Å². The van der Waals surface area contributed by atoms with Crippen LogP contribution in [0.5, 0.6) is 0 Å². The largest absolute Gasteiger partial charge is 0.469 e. The lowest BCUT2D eigenvalue weighted by Crippen LogP contribution is -2.41. The molecular formula is C10H17NO3S. The Bertz CT molecular complexity index is 267. The number of aliphatic hydroxyl groups excluding tert-OH is 1. The van der Waals surface area contributed by atoms with Crippen LogP contribution in [0.3, 0.4) is 0 Å². The van der Waals surface area contributed by atoms with Crippen LogP contribution in [-0.2, 0) is 9.53 Å². The highest BCUT2D eigenvalue weighted by atomic mass is 32.1. The fourth-order valence-electron chi connectivity index (χ4n) is 1.56. The maximum atomic E-state index is 11.9. The monoisotopic (exact) mass is 231 g/mol. The summed E-state index contributed by atoms with van der Waals surface area (Å²) in [4.78, 5) is 13.3. The lowest BCUT2D eigenvalue weighted by atomic mass is 9.94. The molecular weight excluding hydrogens is 214 g/mol. The van der Waals surface area contributed by atoms with Gasteiger partial charge in [-0.25, -0.2) is 0 Å². The molecule has 2 atom stereocenters. The molecule has 0 spiro atoms. The van der Waals surface area contributed by atoms with Gasteiger partial charge in [-0.2, -0.15) is 0 Å². The van der Waals surface area contributed by atoms with Crippen LogP contribution in [0.2, 0.25) is 0 Å². The van der Waals surface area contributed by atoms with Crippen molar-refractivity contribution in [2.24, 2.45) is 11.8 Å². The molecule has 1 aliphatic rings. The molecule has 15 heavy (non-hydrogen) atoms. The van der Waals surface area contributed by atoms with E-state index >= 15 is 0 Å². The van der Waals surface area contributed by atoms with Gasteiger partial charge in [-0.05, 0) is 18.1 Å². The molecule has 0 bridgehead atoms. The second-order valence-corrected chi connectivity index (χ2v) is 4.48. The first kappa shape index (κ1) is 12.4. The first-order valence-corrected chi connectivity index (χ1v) is 5.52. The van der Waals surface area contributed by atoms with Crippen LogP contribution in [0, 0.1) is 11.8 Å². The van der Waals surface area contributed by atoms with Crippen molar-refractivity contribution in [3.05, 3.63) is 0 Å². The Balaban J connectivity index is 2.63. The quantitative estimate of drug-likeness (QED) is 0.729. The Kier molecular flexibility index (Phi) is 4.04. The highest BCUT2D eigenvalue weighted by molar-refractivity contribution is 7.80. The van der Waals surface area contributed by atoms with E-state index < -0.39 is 12.0 Å². The molecule has 4 nitrogen and oxygen atoms in total. The second-order valence-electron chi connectivity index (χ2n) is 4.13. The molecule has 5 heteroatoms. The van der Waals surface area contributed by atoms with Crippen molar-refractivity contribution in [2.45, 2.75) is 26.9 Å². The zero-order valence-corrected chi connectivity index (χ0v) is 10.1. The SMILES string of the molecule is CC(C)[C@@H](O)[C@H](C)C(=O)N1CCOC1=S. The number of thiocarbonyl (C=S) groups is 1. The van der Waals surface area contributed by atoms with Gasteiger partial charge in [0.15, 0.2) is 0 Å². The van der Waals surface area contributed by atoms with Crippen molar-refractivity contribution in [1.29, 1.82) is 0 Å². The molecule has 0 saturated carbocycles. The second kappa shape index (κ2) is 4.90. The zero-order chi connectivity index (χ0) is 11.6. The topological polar surface area (TPSA) is 49.8 Å². The van der Waals surface area contributed by atoms with Gasteiger partial charge in [0.2, 0.25) is 5.91 Å². The molecule has 1 aliphatic heterocycles. The van der Waals surface area contributed by atoms with E-state index in [-0.39, 0.29) is 17.0 Å². The summed E-state index contributed by atoms with van der Waals surface area (Å²) in [6.07, 6.45) is -0.638. The molecule has 1 rings (SSSR count). The summed E-state index contributed by atoms with van der Waals surface area (Å²) in [6.45, 7) is 6.43. The van der Waals surface area contributed by atoms with Crippen molar-refractivity contribution in [3.8, 4) is 0 Å². The van der Waals surface area contributed by atoms with Crippen molar-refractivity contribution >= 4 is 23.3 Å². The Morgan fingerprint density at radius 3 is 2.53 bits per heavy atom. The number of rotatable bonds is 3. The van der Waals surface area contributed by atoms with E-state index in [9.17, 15) is 9.90 Å². The average Bonchev–Trinajstić information content (AvgIpc) is 2.60. The van der Waals surface area contributed by atoms with Gasteiger partial charge in [0.1, 0.15) is 6.61 Å². The summed E-state index contributed by atoms with van der Waals surface area (Å²) in [7, 11) is 0. The predicted molar refractivity (Wildman–Crippen MR) is 60.3 cm³/mol. The molecule has 1 heterocycles. The van der Waals surface area contributed by atoms with E-state index in [2.05, 4.69) is 0 Å². The number of carbonyl (C=O) groups excluding carboxylic acids is 1. The van der Waals surface area contributed by atoms with Gasteiger partial charge in [-0.1, -0.05) is 20.8 Å². The van der Waals surface area contributed by atoms with Gasteiger partial charge >= 0.3 is 0 Å². The maximum Gasteiger partial charge on any atom is 0.266 e. The lowest BCUT2D eigenvalue weighted by Gasteiger charge is -2.24. The van der Waals surface area contributed by atoms with Gasteiger partial charge in [0.05, 0.1) is 18.6 Å². The van der Waals surface area contributed by atoms with Gasteiger partial charge in [0, 0.05) is 0 Å². The maximum absolute atomic E-state index is 11.9. The van der Waals surface area contributed by atoms with Gasteiger partial charge in [0.25, 0.3) is 5.17 Å². The van der Waals surface area contributed by atoms with Crippen molar-refractivity contribution in [2.75, 3.05) is 13.2 Å². The summed E-state index contributed by atoms with van der Waals surface area (Å²) in [5.74, 6) is -0.538. The molecule has 0 radical (unpaired) electrons. The normalized spacial score (nSPS) is 20.3.